The topological polar surface area (TPSA) is 57.1 Å². The number of aliphatic imine (C=N–C) groups is 1. The van der Waals surface area contributed by atoms with Gasteiger partial charge in [0.1, 0.15) is 17.9 Å². The maximum absolute atomic E-state index is 11.1. The van der Waals surface area contributed by atoms with Gasteiger partial charge in [0.05, 0.1) is 13.2 Å². The number of rotatable bonds is 2. The smallest absolute Gasteiger partial charge is 0.308 e. The summed E-state index contributed by atoms with van der Waals surface area (Å²) in [5.74, 6) is 0.828. The number of esters is 1. The molecule has 5 heteroatoms. The Balaban J connectivity index is 1.91. The fraction of sp³-hybridized carbons (Fsp3) is 0.429. The van der Waals surface area contributed by atoms with E-state index in [2.05, 4.69) is 4.99 Å². The van der Waals surface area contributed by atoms with Gasteiger partial charge in [0.2, 0.25) is 5.90 Å². The van der Waals surface area contributed by atoms with E-state index in [4.69, 9.17) is 14.2 Å². The van der Waals surface area contributed by atoms with E-state index in [0.29, 0.717) is 24.9 Å². The second kappa shape index (κ2) is 4.66. The lowest BCUT2D eigenvalue weighted by Crippen LogP contribution is -2.20. The highest BCUT2D eigenvalue weighted by Crippen LogP contribution is 2.28. The van der Waals surface area contributed by atoms with Gasteiger partial charge >= 0.3 is 5.97 Å². The molecule has 1 saturated heterocycles. The van der Waals surface area contributed by atoms with Crippen LogP contribution in [0.4, 0.5) is 0 Å². The maximum Gasteiger partial charge on any atom is 0.308 e. The van der Waals surface area contributed by atoms with Crippen LogP contribution in [0.5, 0.6) is 5.75 Å². The molecule has 0 radical (unpaired) electrons. The summed E-state index contributed by atoms with van der Waals surface area (Å²) in [4.78, 5) is 15.6. The van der Waals surface area contributed by atoms with Gasteiger partial charge in [-0.25, -0.2) is 4.99 Å². The molecule has 2 aliphatic rings. The zero-order valence-electron chi connectivity index (χ0n) is 10.9. The molecule has 2 heterocycles. The number of fused-ring (bicyclic) bond motifs is 1. The van der Waals surface area contributed by atoms with Crippen molar-refractivity contribution >= 4 is 11.9 Å². The first-order valence-electron chi connectivity index (χ1n) is 6.26. The van der Waals surface area contributed by atoms with Gasteiger partial charge in [-0.2, -0.15) is 0 Å². The molecule has 0 amide bonds. The average Bonchev–Trinajstić information content (AvgIpc) is 2.91. The van der Waals surface area contributed by atoms with Crippen LogP contribution in [0.3, 0.4) is 0 Å². The van der Waals surface area contributed by atoms with Crippen LogP contribution in [-0.2, 0) is 14.3 Å². The summed E-state index contributed by atoms with van der Waals surface area (Å²) in [5, 5.41) is 0. The number of benzene rings is 1. The minimum Gasteiger partial charge on any atom is -0.469 e. The number of hydrogen-bond acceptors (Lipinski definition) is 5. The van der Waals surface area contributed by atoms with E-state index in [9.17, 15) is 4.79 Å². The highest BCUT2D eigenvalue weighted by Gasteiger charge is 2.37. The molecule has 1 aromatic carbocycles. The summed E-state index contributed by atoms with van der Waals surface area (Å²) in [5.41, 5.74) is 1.73. The summed E-state index contributed by atoms with van der Waals surface area (Å²) < 4.78 is 16.3. The van der Waals surface area contributed by atoms with Crippen molar-refractivity contribution in [2.24, 2.45) is 4.99 Å². The first-order chi connectivity index (χ1) is 9.15. The van der Waals surface area contributed by atoms with Crippen LogP contribution in [0.25, 0.3) is 0 Å². The van der Waals surface area contributed by atoms with E-state index in [1.165, 1.54) is 6.92 Å². The fourth-order valence-corrected chi connectivity index (χ4v) is 2.33. The number of nitrogens with zero attached hydrogens (tertiary/aromatic N) is 1. The van der Waals surface area contributed by atoms with E-state index in [0.717, 1.165) is 11.1 Å². The molecule has 2 atom stereocenters. The van der Waals surface area contributed by atoms with Gasteiger partial charge < -0.3 is 14.2 Å². The highest BCUT2D eigenvalue weighted by molar-refractivity contribution is 5.97. The van der Waals surface area contributed by atoms with Crippen molar-refractivity contribution in [3.8, 4) is 5.75 Å². The van der Waals surface area contributed by atoms with Gasteiger partial charge in [-0.15, -0.1) is 0 Å². The number of ether oxygens (including phenoxy) is 3. The lowest BCUT2D eigenvalue weighted by Gasteiger charge is -2.12. The van der Waals surface area contributed by atoms with E-state index in [1.807, 2.05) is 19.1 Å². The van der Waals surface area contributed by atoms with Gasteiger partial charge in [-0.3, -0.25) is 4.79 Å². The van der Waals surface area contributed by atoms with Crippen LogP contribution < -0.4 is 4.74 Å². The zero-order valence-corrected chi connectivity index (χ0v) is 10.9. The summed E-state index contributed by atoms with van der Waals surface area (Å²) in [6.45, 7) is 4.47. The van der Waals surface area contributed by atoms with Gasteiger partial charge in [0.15, 0.2) is 0 Å². The Bertz CT molecular complexity index is 552. The largest absolute Gasteiger partial charge is 0.469 e. The first kappa shape index (κ1) is 12.2. The number of hydrogen-bond donors (Lipinski definition) is 0. The van der Waals surface area contributed by atoms with E-state index >= 15 is 0 Å². The van der Waals surface area contributed by atoms with Crippen LogP contribution >= 0.6 is 0 Å². The third-order valence-electron chi connectivity index (χ3n) is 3.31. The molecule has 0 aromatic heterocycles. The molecule has 0 bridgehead atoms. The Morgan fingerprint density at radius 1 is 1.42 bits per heavy atom. The number of carbonyl (C=O) groups is 1. The van der Waals surface area contributed by atoms with Crippen molar-refractivity contribution in [3.63, 3.8) is 0 Å². The molecule has 2 aliphatic heterocycles. The summed E-state index contributed by atoms with van der Waals surface area (Å²) in [6.07, 6.45) is 0.0202. The minimum absolute atomic E-state index is 0.0202. The van der Waals surface area contributed by atoms with Crippen molar-refractivity contribution in [2.75, 3.05) is 13.2 Å². The summed E-state index contributed by atoms with van der Waals surface area (Å²) >= 11 is 0. The molecule has 100 valence electrons. The van der Waals surface area contributed by atoms with Gasteiger partial charge in [-0.1, -0.05) is 6.07 Å². The lowest BCUT2D eigenvalue weighted by atomic mass is 10.1. The molecular weight excluding hydrogens is 246 g/mol. The van der Waals surface area contributed by atoms with Crippen molar-refractivity contribution in [2.45, 2.75) is 26.0 Å². The molecular formula is C14H15NO4. The molecule has 0 saturated carbocycles. The Labute approximate surface area is 111 Å². The van der Waals surface area contributed by atoms with Gasteiger partial charge in [-0.05, 0) is 19.1 Å². The normalized spacial score (nSPS) is 24.6. The molecule has 0 spiro atoms. The predicted molar refractivity (Wildman–Crippen MR) is 68.5 cm³/mol. The molecule has 1 aromatic rings. The monoisotopic (exact) mass is 261 g/mol. The van der Waals surface area contributed by atoms with E-state index in [-0.39, 0.29) is 18.1 Å². The Morgan fingerprint density at radius 3 is 3.00 bits per heavy atom. The Kier molecular flexibility index (Phi) is 2.98. The van der Waals surface area contributed by atoms with Gasteiger partial charge in [0.25, 0.3) is 0 Å². The maximum atomic E-state index is 11.1. The summed E-state index contributed by atoms with van der Waals surface area (Å²) in [6, 6.07) is 5.60. The molecule has 1 fully saturated rings. The average molecular weight is 261 g/mol. The standard InChI is InChI=1S/C14H15NO4/c1-8-10(4-3-5-12(8)18-9(2)16)14-15-11-6-17-7-13(11)19-14/h3-5,11,13H,6-7H2,1-2H3/t11-,13?/m0/s1. The number of carbonyl (C=O) groups excluding carboxylic acids is 1. The van der Waals surface area contributed by atoms with Crippen molar-refractivity contribution in [1.82, 2.24) is 0 Å². The quantitative estimate of drug-likeness (QED) is 0.597. The Hall–Kier alpha value is -1.88. The second-order valence-electron chi connectivity index (χ2n) is 4.72. The van der Waals surface area contributed by atoms with Gasteiger partial charge in [0, 0.05) is 18.1 Å². The lowest BCUT2D eigenvalue weighted by molar-refractivity contribution is -0.131. The fourth-order valence-electron chi connectivity index (χ4n) is 2.33. The highest BCUT2D eigenvalue weighted by atomic mass is 16.6. The van der Waals surface area contributed by atoms with Crippen LogP contribution in [0.1, 0.15) is 18.1 Å². The Morgan fingerprint density at radius 2 is 2.26 bits per heavy atom. The molecule has 1 unspecified atom stereocenters. The van der Waals surface area contributed by atoms with E-state index < -0.39 is 0 Å². The molecule has 0 N–H and O–H groups in total. The minimum atomic E-state index is -0.334. The molecule has 0 aliphatic carbocycles. The SMILES string of the molecule is CC(=O)Oc1cccc(C2=N[C@H]3COCC3O2)c1C. The molecule has 3 rings (SSSR count). The molecule has 19 heavy (non-hydrogen) atoms. The first-order valence-corrected chi connectivity index (χ1v) is 6.26. The predicted octanol–water partition coefficient (Wildman–Crippen LogP) is 1.46. The van der Waals surface area contributed by atoms with Crippen molar-refractivity contribution in [1.29, 1.82) is 0 Å². The summed E-state index contributed by atoms with van der Waals surface area (Å²) in [7, 11) is 0. The third-order valence-corrected chi connectivity index (χ3v) is 3.31. The van der Waals surface area contributed by atoms with Crippen LogP contribution in [-0.4, -0.2) is 37.2 Å². The third kappa shape index (κ3) is 2.21. The molecule has 5 nitrogen and oxygen atoms in total. The van der Waals surface area contributed by atoms with Crippen molar-refractivity contribution in [3.05, 3.63) is 29.3 Å². The second-order valence-corrected chi connectivity index (χ2v) is 4.72. The van der Waals surface area contributed by atoms with Crippen LogP contribution in [0, 0.1) is 6.92 Å². The van der Waals surface area contributed by atoms with Crippen LogP contribution in [0.15, 0.2) is 23.2 Å². The van der Waals surface area contributed by atoms with Crippen molar-refractivity contribution < 1.29 is 19.0 Å². The zero-order chi connectivity index (χ0) is 13.4. The van der Waals surface area contributed by atoms with Crippen LogP contribution in [0.2, 0.25) is 0 Å². The van der Waals surface area contributed by atoms with E-state index in [1.54, 1.807) is 6.07 Å².